The van der Waals surface area contributed by atoms with Crippen molar-refractivity contribution in [2.75, 3.05) is 64.7 Å². The lowest BCUT2D eigenvalue weighted by Crippen LogP contribution is -2.28. The molecular weight excluding hydrogens is 476 g/mol. The van der Waals surface area contributed by atoms with Crippen LogP contribution in [0.15, 0.2) is 18.2 Å². The molecule has 0 unspecified atom stereocenters. The van der Waals surface area contributed by atoms with Crippen molar-refractivity contribution in [3.05, 3.63) is 23.8 Å². The number of anilines is 1. The summed E-state index contributed by atoms with van der Waals surface area (Å²) in [6, 6.07) is 4.43. The van der Waals surface area contributed by atoms with Gasteiger partial charge >= 0.3 is 5.97 Å². The van der Waals surface area contributed by atoms with E-state index in [2.05, 4.69) is 21.4 Å². The second-order valence-electron chi connectivity index (χ2n) is 7.13. The van der Waals surface area contributed by atoms with E-state index < -0.39 is 12.6 Å². The number of hydrogen-bond donors (Lipinski definition) is 3. The highest BCUT2D eigenvalue weighted by Crippen LogP contribution is 2.23. The van der Waals surface area contributed by atoms with Gasteiger partial charge in [0.2, 0.25) is 11.8 Å². The number of hydrogen-bond acceptors (Lipinski definition) is 10. The first-order valence-corrected chi connectivity index (χ1v) is 11.4. The molecule has 1 aromatic rings. The van der Waals surface area contributed by atoms with E-state index in [0.717, 1.165) is 0 Å². The Morgan fingerprint density at radius 3 is 2.14 bits per heavy atom. The molecule has 0 saturated heterocycles. The van der Waals surface area contributed by atoms with Crippen LogP contribution in [0, 0.1) is 12.3 Å². The van der Waals surface area contributed by atoms with Crippen LogP contribution in [0.4, 0.5) is 5.69 Å². The number of carbonyl (C=O) groups excluding carboxylic acids is 3. The van der Waals surface area contributed by atoms with E-state index >= 15 is 0 Å². The lowest BCUT2D eigenvalue weighted by Gasteiger charge is -2.10. The van der Waals surface area contributed by atoms with Crippen LogP contribution in [0.2, 0.25) is 0 Å². The molecule has 0 heterocycles. The van der Waals surface area contributed by atoms with Gasteiger partial charge in [-0.15, -0.1) is 6.42 Å². The van der Waals surface area contributed by atoms with Crippen LogP contribution in [0.3, 0.4) is 0 Å². The predicted molar refractivity (Wildman–Crippen MR) is 128 cm³/mol. The number of ether oxygens (including phenoxy) is 4. The minimum atomic E-state index is -0.646. The fraction of sp³-hybridized carbons (Fsp3) is 0.542. The lowest BCUT2D eigenvalue weighted by molar-refractivity contribution is -0.211. The number of carbonyl (C=O) groups is 3. The zero-order chi connectivity index (χ0) is 26.4. The first-order chi connectivity index (χ1) is 17.5. The van der Waals surface area contributed by atoms with Crippen molar-refractivity contribution >= 4 is 23.5 Å². The number of rotatable bonds is 20. The van der Waals surface area contributed by atoms with Gasteiger partial charge in [-0.25, -0.2) is 4.79 Å². The van der Waals surface area contributed by atoms with Gasteiger partial charge in [0.15, 0.2) is 5.75 Å². The summed E-state index contributed by atoms with van der Waals surface area (Å²) in [5.74, 6) is 1.21. The second kappa shape index (κ2) is 20.0. The maximum atomic E-state index is 12.1. The number of amides is 2. The first kappa shape index (κ1) is 30.8. The summed E-state index contributed by atoms with van der Waals surface area (Å²) in [6.07, 6.45) is 5.03. The largest absolute Gasteiger partial charge is 0.392 e. The van der Waals surface area contributed by atoms with Crippen LogP contribution in [-0.2, 0) is 44.8 Å². The molecule has 1 aromatic carbocycles. The van der Waals surface area contributed by atoms with E-state index in [0.29, 0.717) is 64.0 Å². The Hall–Kier alpha value is -3.21. The summed E-state index contributed by atoms with van der Waals surface area (Å²) < 4.78 is 21.1. The van der Waals surface area contributed by atoms with Gasteiger partial charge in [0.05, 0.1) is 52.9 Å². The minimum Gasteiger partial charge on any atom is -0.392 e. The molecule has 0 bridgehead atoms. The molecule has 12 heteroatoms. The molecule has 0 spiro atoms. The van der Waals surface area contributed by atoms with E-state index in [-0.39, 0.29) is 37.0 Å². The molecule has 0 atom stereocenters. The average molecular weight is 511 g/mol. The average Bonchev–Trinajstić information content (AvgIpc) is 2.86. The van der Waals surface area contributed by atoms with Crippen molar-refractivity contribution in [3.63, 3.8) is 0 Å². The second-order valence-corrected chi connectivity index (χ2v) is 7.13. The van der Waals surface area contributed by atoms with Crippen molar-refractivity contribution in [1.82, 2.24) is 5.32 Å². The number of nitrogens with one attached hydrogen (secondary N) is 2. The van der Waals surface area contributed by atoms with Gasteiger partial charge in [-0.2, -0.15) is 0 Å². The van der Waals surface area contributed by atoms with Gasteiger partial charge in [0.1, 0.15) is 6.61 Å². The standard InChI is InChI=1S/C24H34N2O10/c1-3-9-31-11-13-33-15-16-34-14-12-32-10-8-25-23(29)6-7-24(30)26-21-4-5-22(20(17-21)18-27)36-35-19(2)28/h1,4-5,17,27H,6-16,18H2,2H3,(H,25,29)(H,26,30). The Kier molecular flexibility index (Phi) is 17.1. The minimum absolute atomic E-state index is 0.00320. The topological polar surface area (TPSA) is 151 Å². The summed E-state index contributed by atoms with van der Waals surface area (Å²) >= 11 is 0. The van der Waals surface area contributed by atoms with Crippen molar-refractivity contribution < 1.29 is 48.2 Å². The van der Waals surface area contributed by atoms with Crippen molar-refractivity contribution in [2.45, 2.75) is 26.4 Å². The van der Waals surface area contributed by atoms with Gasteiger partial charge in [-0.05, 0) is 18.2 Å². The van der Waals surface area contributed by atoms with Crippen LogP contribution in [0.25, 0.3) is 0 Å². The number of aliphatic hydroxyl groups excluding tert-OH is 1. The normalized spacial score (nSPS) is 10.4. The fourth-order valence-corrected chi connectivity index (χ4v) is 2.56. The zero-order valence-corrected chi connectivity index (χ0v) is 20.4. The van der Waals surface area contributed by atoms with Gasteiger partial charge in [0, 0.05) is 37.6 Å². The molecule has 36 heavy (non-hydrogen) atoms. The summed E-state index contributed by atoms with van der Waals surface area (Å²) in [5.41, 5.74) is 0.712. The lowest BCUT2D eigenvalue weighted by atomic mass is 10.2. The molecular formula is C24H34N2O10. The number of benzene rings is 1. The molecule has 0 saturated carbocycles. The van der Waals surface area contributed by atoms with Crippen LogP contribution >= 0.6 is 0 Å². The summed E-state index contributed by atoms with van der Waals surface area (Å²) in [4.78, 5) is 44.1. The molecule has 2 amide bonds. The number of terminal acetylenes is 1. The quantitative estimate of drug-likeness (QED) is 0.0983. The Balaban J connectivity index is 2.07. The molecule has 0 aromatic heterocycles. The van der Waals surface area contributed by atoms with Crippen LogP contribution < -0.4 is 15.5 Å². The van der Waals surface area contributed by atoms with Crippen LogP contribution in [-0.4, -0.2) is 82.3 Å². The molecule has 0 radical (unpaired) electrons. The van der Waals surface area contributed by atoms with Crippen molar-refractivity contribution in [2.24, 2.45) is 0 Å². The third-order valence-corrected chi connectivity index (χ3v) is 4.21. The first-order valence-electron chi connectivity index (χ1n) is 11.4. The zero-order valence-electron chi connectivity index (χ0n) is 20.4. The Bertz CT molecular complexity index is 841. The summed E-state index contributed by atoms with van der Waals surface area (Å²) in [5, 5.41) is 14.7. The number of aliphatic hydroxyl groups is 1. The molecule has 200 valence electrons. The highest BCUT2D eigenvalue weighted by molar-refractivity contribution is 5.93. The molecule has 0 aliphatic heterocycles. The summed E-state index contributed by atoms with van der Waals surface area (Å²) in [7, 11) is 0. The predicted octanol–water partition coefficient (Wildman–Crippen LogP) is 0.570. The van der Waals surface area contributed by atoms with E-state index in [4.69, 9.17) is 30.3 Å². The fourth-order valence-electron chi connectivity index (χ4n) is 2.56. The summed E-state index contributed by atoms with van der Waals surface area (Å²) in [6.45, 7) is 4.24. The van der Waals surface area contributed by atoms with Crippen LogP contribution in [0.1, 0.15) is 25.3 Å². The Morgan fingerprint density at radius 1 is 0.917 bits per heavy atom. The van der Waals surface area contributed by atoms with Crippen molar-refractivity contribution in [3.8, 4) is 18.1 Å². The smallest absolute Gasteiger partial charge is 0.352 e. The molecule has 0 fully saturated rings. The maximum absolute atomic E-state index is 12.1. The van der Waals surface area contributed by atoms with E-state index in [9.17, 15) is 19.5 Å². The van der Waals surface area contributed by atoms with Gasteiger partial charge in [0.25, 0.3) is 0 Å². The molecule has 0 aliphatic carbocycles. The third-order valence-electron chi connectivity index (χ3n) is 4.21. The molecule has 12 nitrogen and oxygen atoms in total. The van der Waals surface area contributed by atoms with E-state index in [1.54, 1.807) is 0 Å². The van der Waals surface area contributed by atoms with Crippen molar-refractivity contribution in [1.29, 1.82) is 0 Å². The van der Waals surface area contributed by atoms with Gasteiger partial charge in [-0.3, -0.25) is 19.4 Å². The molecule has 3 N–H and O–H groups in total. The van der Waals surface area contributed by atoms with Crippen LogP contribution in [0.5, 0.6) is 5.75 Å². The highest BCUT2D eigenvalue weighted by Gasteiger charge is 2.11. The highest BCUT2D eigenvalue weighted by atomic mass is 17.2. The SMILES string of the molecule is C#CCOCCOCCOCCOCCNC(=O)CCC(=O)Nc1ccc(OOC(C)=O)c(CO)c1. The Morgan fingerprint density at radius 2 is 1.53 bits per heavy atom. The van der Waals surface area contributed by atoms with Gasteiger partial charge in [-0.1, -0.05) is 5.92 Å². The van der Waals surface area contributed by atoms with E-state index in [1.807, 2.05) is 0 Å². The maximum Gasteiger partial charge on any atom is 0.352 e. The third kappa shape index (κ3) is 15.6. The van der Waals surface area contributed by atoms with Gasteiger partial charge < -0.3 is 34.7 Å². The Labute approximate surface area is 210 Å². The molecule has 0 aliphatic rings. The van der Waals surface area contributed by atoms with E-state index in [1.165, 1.54) is 25.1 Å². The molecule has 1 rings (SSSR count). The monoisotopic (exact) mass is 510 g/mol.